The maximum Gasteiger partial charge on any atom is 0.320 e. The van der Waals surface area contributed by atoms with Crippen molar-refractivity contribution in [1.82, 2.24) is 0 Å². The minimum Gasteiger partial charge on any atom is -0.457 e. The Kier molecular flexibility index (Phi) is 9.43. The third-order valence-electron chi connectivity index (χ3n) is 5.05. The number of thioether (sulfide) groups is 1. The van der Waals surface area contributed by atoms with Crippen molar-refractivity contribution in [3.8, 4) is 11.5 Å². The lowest BCUT2D eigenvalue weighted by Crippen LogP contribution is -2.31. The summed E-state index contributed by atoms with van der Waals surface area (Å²) in [6.45, 7) is 1.14. The molecule has 0 aliphatic carbocycles. The van der Waals surface area contributed by atoms with Crippen molar-refractivity contribution in [3.05, 3.63) is 96.1 Å². The normalized spacial score (nSPS) is 12.4. The van der Waals surface area contributed by atoms with Crippen LogP contribution in [-0.2, 0) is 25.5 Å². The van der Waals surface area contributed by atoms with Gasteiger partial charge in [0.25, 0.3) is 0 Å². The van der Waals surface area contributed by atoms with Crippen LogP contribution in [0.4, 0.5) is 0 Å². The average Bonchev–Trinajstić information content (AvgIpc) is 2.86. The van der Waals surface area contributed by atoms with E-state index in [1.54, 1.807) is 24.3 Å². The molecule has 0 saturated carbocycles. The predicted molar refractivity (Wildman–Crippen MR) is 133 cm³/mol. The van der Waals surface area contributed by atoms with Crippen LogP contribution in [0.1, 0.15) is 24.2 Å². The van der Waals surface area contributed by atoms with Gasteiger partial charge in [0, 0.05) is 18.6 Å². The first-order valence-corrected chi connectivity index (χ1v) is 11.9. The Morgan fingerprint density at radius 1 is 0.853 bits per heavy atom. The van der Waals surface area contributed by atoms with E-state index in [2.05, 4.69) is 0 Å². The van der Waals surface area contributed by atoms with E-state index in [0.717, 1.165) is 23.1 Å². The van der Waals surface area contributed by atoms with E-state index >= 15 is 0 Å². The number of para-hydroxylation sites is 1. The molecular formula is C27H27NO5S. The van der Waals surface area contributed by atoms with Crippen LogP contribution in [0.15, 0.2) is 84.9 Å². The number of hydrogen-bond acceptors (Lipinski definition) is 7. The van der Waals surface area contributed by atoms with E-state index in [9.17, 15) is 14.4 Å². The van der Waals surface area contributed by atoms with Gasteiger partial charge in [-0.15, -0.1) is 0 Å². The Morgan fingerprint density at radius 3 is 2.03 bits per heavy atom. The van der Waals surface area contributed by atoms with Crippen LogP contribution in [-0.4, -0.2) is 29.2 Å². The molecule has 34 heavy (non-hydrogen) atoms. The Morgan fingerprint density at radius 2 is 1.44 bits per heavy atom. The third kappa shape index (κ3) is 7.57. The molecule has 2 N–H and O–H groups in total. The van der Waals surface area contributed by atoms with Crippen molar-refractivity contribution in [3.63, 3.8) is 0 Å². The highest BCUT2D eigenvalue weighted by Gasteiger charge is 2.31. The molecule has 0 heterocycles. The molecule has 0 saturated heterocycles. The predicted octanol–water partition coefficient (Wildman–Crippen LogP) is 4.73. The summed E-state index contributed by atoms with van der Waals surface area (Å²) in [5, 5.41) is -0.0837. The van der Waals surface area contributed by atoms with Gasteiger partial charge in [-0.25, -0.2) is 0 Å². The van der Waals surface area contributed by atoms with Gasteiger partial charge >= 0.3 is 5.97 Å². The van der Waals surface area contributed by atoms with Crippen molar-refractivity contribution < 1.29 is 23.9 Å². The number of esters is 1. The van der Waals surface area contributed by atoms with E-state index in [1.807, 2.05) is 60.7 Å². The second-order valence-electron chi connectivity index (χ2n) is 7.65. The molecular weight excluding hydrogens is 450 g/mol. The molecule has 0 spiro atoms. The molecule has 6 nitrogen and oxygen atoms in total. The van der Waals surface area contributed by atoms with Gasteiger partial charge in [0.15, 0.2) is 17.0 Å². The van der Waals surface area contributed by atoms with Gasteiger partial charge in [-0.3, -0.25) is 14.4 Å². The molecule has 0 fully saturated rings. The molecule has 3 aromatic rings. The van der Waals surface area contributed by atoms with Crippen LogP contribution < -0.4 is 10.5 Å². The van der Waals surface area contributed by atoms with Crippen LogP contribution in [0.3, 0.4) is 0 Å². The van der Waals surface area contributed by atoms with E-state index in [-0.39, 0.29) is 23.2 Å². The van der Waals surface area contributed by atoms with Gasteiger partial charge < -0.3 is 15.2 Å². The minimum atomic E-state index is -1.09. The maximum absolute atomic E-state index is 13.6. The average molecular weight is 478 g/mol. The second-order valence-corrected chi connectivity index (χ2v) is 8.85. The first kappa shape index (κ1) is 25.2. The fraction of sp³-hybridized carbons (Fsp3) is 0.222. The van der Waals surface area contributed by atoms with Crippen molar-refractivity contribution >= 4 is 28.6 Å². The topological polar surface area (TPSA) is 95.7 Å². The second kappa shape index (κ2) is 12.7. The molecule has 3 rings (SSSR count). The summed E-state index contributed by atoms with van der Waals surface area (Å²) in [6.07, 6.45) is -0.704. The summed E-state index contributed by atoms with van der Waals surface area (Å²) in [7, 11) is 0. The van der Waals surface area contributed by atoms with Gasteiger partial charge in [-0.2, -0.15) is 0 Å². The van der Waals surface area contributed by atoms with Crippen LogP contribution >= 0.6 is 11.8 Å². The highest BCUT2D eigenvalue weighted by atomic mass is 32.2. The van der Waals surface area contributed by atoms with Crippen molar-refractivity contribution in [2.24, 2.45) is 11.7 Å². The highest BCUT2D eigenvalue weighted by molar-refractivity contribution is 8.13. The lowest BCUT2D eigenvalue weighted by molar-refractivity contribution is -0.155. The molecule has 7 heteroatoms. The first-order valence-electron chi connectivity index (χ1n) is 10.9. The molecule has 0 aliphatic rings. The summed E-state index contributed by atoms with van der Waals surface area (Å²) in [4.78, 5) is 37.2. The van der Waals surface area contributed by atoms with Crippen LogP contribution in [0.2, 0.25) is 0 Å². The fourth-order valence-corrected chi connectivity index (χ4v) is 4.09. The number of carbonyl (C=O) groups is 3. The number of nitrogens with two attached hydrogens (primary N) is 1. The minimum absolute atomic E-state index is 0.0837. The Bertz CT molecular complexity index is 1090. The van der Waals surface area contributed by atoms with E-state index in [1.165, 1.54) is 6.92 Å². The number of benzene rings is 3. The zero-order chi connectivity index (χ0) is 24.3. The highest BCUT2D eigenvalue weighted by Crippen LogP contribution is 2.28. The van der Waals surface area contributed by atoms with Crippen molar-refractivity contribution in [1.29, 1.82) is 0 Å². The smallest absolute Gasteiger partial charge is 0.320 e. The largest absolute Gasteiger partial charge is 0.457 e. The number of Topliss-reactive ketones (excluding diaryl/α,β-unsaturated/α-hetero) is 1. The molecule has 0 radical (unpaired) electrons. The number of rotatable bonds is 11. The molecule has 0 aliphatic heterocycles. The number of carbonyl (C=O) groups excluding carboxylic acids is 3. The van der Waals surface area contributed by atoms with Crippen LogP contribution in [0.25, 0.3) is 0 Å². The third-order valence-corrected chi connectivity index (χ3v) is 6.03. The van der Waals surface area contributed by atoms with Crippen molar-refractivity contribution in [2.75, 3.05) is 12.3 Å². The standard InChI is InChI=1S/C27H27NO5S/c1-19(29)34-18-22(26(31)27(33-25(30)17-28)21-8-4-2-5-9-21)16-20-12-14-24(15-13-20)32-23-10-6-3-7-11-23/h2-15,22,27H,16-18,28H2,1H3. The number of ketones is 1. The van der Waals surface area contributed by atoms with Gasteiger partial charge in [0.1, 0.15) is 11.5 Å². The van der Waals surface area contributed by atoms with E-state index < -0.39 is 18.0 Å². The lowest BCUT2D eigenvalue weighted by atomic mass is 9.91. The van der Waals surface area contributed by atoms with Crippen LogP contribution in [0.5, 0.6) is 11.5 Å². The van der Waals surface area contributed by atoms with E-state index in [0.29, 0.717) is 17.7 Å². The summed E-state index contributed by atoms with van der Waals surface area (Å²) in [5.41, 5.74) is 6.89. The molecule has 0 bridgehead atoms. The first-order chi connectivity index (χ1) is 16.5. The fourth-order valence-electron chi connectivity index (χ4n) is 3.37. The van der Waals surface area contributed by atoms with Gasteiger partial charge in [-0.05, 0) is 41.8 Å². The quantitative estimate of drug-likeness (QED) is 0.399. The summed E-state index contributed by atoms with van der Waals surface area (Å²) < 4.78 is 11.3. The van der Waals surface area contributed by atoms with Crippen molar-refractivity contribution in [2.45, 2.75) is 19.4 Å². The summed E-state index contributed by atoms with van der Waals surface area (Å²) in [6, 6.07) is 25.7. The zero-order valence-electron chi connectivity index (χ0n) is 18.9. The zero-order valence-corrected chi connectivity index (χ0v) is 19.7. The number of hydrogen-bond donors (Lipinski definition) is 1. The van der Waals surface area contributed by atoms with Gasteiger partial charge in [0.05, 0.1) is 6.54 Å². The van der Waals surface area contributed by atoms with Crippen LogP contribution in [0, 0.1) is 5.92 Å². The summed E-state index contributed by atoms with van der Waals surface area (Å²) >= 11 is 1.08. The Labute approximate surface area is 203 Å². The molecule has 2 atom stereocenters. The SMILES string of the molecule is CC(=O)SCC(Cc1ccc(Oc2ccccc2)cc1)C(=O)C(OC(=O)CN)c1ccccc1. The van der Waals surface area contributed by atoms with E-state index in [4.69, 9.17) is 15.2 Å². The molecule has 0 amide bonds. The van der Waals surface area contributed by atoms with Gasteiger partial charge in [-0.1, -0.05) is 72.4 Å². The molecule has 2 unspecified atom stereocenters. The summed E-state index contributed by atoms with van der Waals surface area (Å²) in [5.74, 6) is 0.197. The Hall–Kier alpha value is -3.42. The Balaban J connectivity index is 1.79. The number of ether oxygens (including phenoxy) is 2. The maximum atomic E-state index is 13.6. The molecule has 176 valence electrons. The molecule has 0 aromatic heterocycles. The monoisotopic (exact) mass is 477 g/mol. The lowest BCUT2D eigenvalue weighted by Gasteiger charge is -2.23. The van der Waals surface area contributed by atoms with Gasteiger partial charge in [0.2, 0.25) is 0 Å². The molecule has 3 aromatic carbocycles.